The van der Waals surface area contributed by atoms with Gasteiger partial charge in [0.15, 0.2) is 0 Å². The van der Waals surface area contributed by atoms with Crippen molar-refractivity contribution in [1.29, 1.82) is 0 Å². The van der Waals surface area contributed by atoms with Crippen LogP contribution < -0.4 is 5.73 Å². The van der Waals surface area contributed by atoms with Gasteiger partial charge in [-0.25, -0.2) is 8.78 Å². The largest absolute Gasteiger partial charge is 0.332 e. The van der Waals surface area contributed by atoms with Gasteiger partial charge in [-0.05, 0) is 19.1 Å². The fourth-order valence-electron chi connectivity index (χ4n) is 1.46. The van der Waals surface area contributed by atoms with Crippen LogP contribution in [0, 0.1) is 6.92 Å². The highest BCUT2D eigenvalue weighted by atomic mass is 19.3. The lowest BCUT2D eigenvalue weighted by molar-refractivity contribution is 0.0563. The monoisotopic (exact) mass is 243 g/mol. The van der Waals surface area contributed by atoms with Crippen LogP contribution in [0.4, 0.5) is 8.78 Å². The van der Waals surface area contributed by atoms with E-state index >= 15 is 0 Å². The minimum absolute atomic E-state index is 0.116. The minimum Gasteiger partial charge on any atom is -0.332 e. The molecule has 0 aliphatic rings. The third-order valence-electron chi connectivity index (χ3n) is 2.19. The van der Waals surface area contributed by atoms with Crippen LogP contribution in [0.2, 0.25) is 0 Å². The predicted octanol–water partition coefficient (Wildman–Crippen LogP) is 1.06. The Labute approximate surface area is 98.4 Å². The molecule has 1 amide bonds. The van der Waals surface area contributed by atoms with Crippen LogP contribution in [0.3, 0.4) is 0 Å². The summed E-state index contributed by atoms with van der Waals surface area (Å²) in [7, 11) is 0. The average molecular weight is 243 g/mol. The number of carbonyl (C=O) groups excluding carboxylic acids is 1. The van der Waals surface area contributed by atoms with E-state index < -0.39 is 18.9 Å². The quantitative estimate of drug-likeness (QED) is 0.841. The van der Waals surface area contributed by atoms with E-state index in [0.29, 0.717) is 11.3 Å². The Hall–Kier alpha value is -1.56. The first-order valence-corrected chi connectivity index (χ1v) is 5.24. The Morgan fingerprint density at radius 3 is 2.82 bits per heavy atom. The van der Waals surface area contributed by atoms with Gasteiger partial charge in [0.2, 0.25) is 0 Å². The molecule has 0 aliphatic carbocycles. The summed E-state index contributed by atoms with van der Waals surface area (Å²) in [4.78, 5) is 16.9. The van der Waals surface area contributed by atoms with Crippen molar-refractivity contribution >= 4 is 5.91 Å². The molecule has 0 saturated heterocycles. The van der Waals surface area contributed by atoms with Crippen molar-refractivity contribution in [1.82, 2.24) is 9.88 Å². The summed E-state index contributed by atoms with van der Waals surface area (Å²) in [6, 6.07) is 3.07. The van der Waals surface area contributed by atoms with Crippen LogP contribution in [0.15, 0.2) is 18.3 Å². The lowest BCUT2D eigenvalue weighted by Crippen LogP contribution is -2.38. The summed E-state index contributed by atoms with van der Waals surface area (Å²) in [6.07, 6.45) is -1.08. The number of hydrogen-bond donors (Lipinski definition) is 1. The molecule has 0 unspecified atom stereocenters. The third-order valence-corrected chi connectivity index (χ3v) is 2.19. The van der Waals surface area contributed by atoms with Crippen molar-refractivity contribution in [2.75, 3.05) is 19.6 Å². The van der Waals surface area contributed by atoms with Crippen molar-refractivity contribution in [3.05, 3.63) is 29.6 Å². The Bertz CT molecular complexity index is 385. The van der Waals surface area contributed by atoms with E-state index in [4.69, 9.17) is 5.73 Å². The number of alkyl halides is 2. The molecular formula is C11H15F2N3O. The number of carbonyl (C=O) groups is 1. The second-order valence-corrected chi connectivity index (χ2v) is 3.62. The van der Waals surface area contributed by atoms with Crippen LogP contribution in [0.1, 0.15) is 16.1 Å². The standard InChI is InChI=1S/C11H15F2N3O/c1-8-6-9(2-4-15-8)11(17)16(5-3-14)7-10(12)13/h2,4,6,10H,3,5,7,14H2,1H3. The lowest BCUT2D eigenvalue weighted by Gasteiger charge is -2.21. The fraction of sp³-hybridized carbons (Fsp3) is 0.455. The first-order chi connectivity index (χ1) is 8.04. The van der Waals surface area contributed by atoms with Gasteiger partial charge in [-0.1, -0.05) is 0 Å². The number of aryl methyl sites for hydroxylation is 1. The van der Waals surface area contributed by atoms with Gasteiger partial charge in [-0.15, -0.1) is 0 Å². The highest BCUT2D eigenvalue weighted by Crippen LogP contribution is 2.07. The number of aromatic nitrogens is 1. The number of halogens is 2. The van der Waals surface area contributed by atoms with E-state index in [-0.39, 0.29) is 13.1 Å². The molecule has 0 aromatic carbocycles. The first kappa shape index (κ1) is 13.5. The average Bonchev–Trinajstić information content (AvgIpc) is 2.27. The number of rotatable bonds is 5. The molecule has 17 heavy (non-hydrogen) atoms. The van der Waals surface area contributed by atoms with Gasteiger partial charge in [0, 0.05) is 30.5 Å². The Kier molecular flexibility index (Phi) is 4.96. The van der Waals surface area contributed by atoms with E-state index in [0.717, 1.165) is 4.90 Å². The molecule has 1 aromatic heterocycles. The molecule has 2 N–H and O–H groups in total. The summed E-state index contributed by atoms with van der Waals surface area (Å²) in [5.41, 5.74) is 6.32. The fourth-order valence-corrected chi connectivity index (χ4v) is 1.46. The van der Waals surface area contributed by atoms with Gasteiger partial charge < -0.3 is 10.6 Å². The third kappa shape index (κ3) is 4.07. The van der Waals surface area contributed by atoms with Crippen molar-refractivity contribution in [2.45, 2.75) is 13.3 Å². The SMILES string of the molecule is Cc1cc(C(=O)N(CCN)CC(F)F)ccn1. The number of amides is 1. The topological polar surface area (TPSA) is 59.2 Å². The number of pyridine rings is 1. The van der Waals surface area contributed by atoms with Crippen molar-refractivity contribution in [3.63, 3.8) is 0 Å². The second kappa shape index (κ2) is 6.24. The molecule has 0 spiro atoms. The van der Waals surface area contributed by atoms with E-state index in [1.807, 2.05) is 0 Å². The Balaban J connectivity index is 2.83. The summed E-state index contributed by atoms with van der Waals surface area (Å²) >= 11 is 0. The molecule has 1 aromatic rings. The zero-order valence-corrected chi connectivity index (χ0v) is 9.57. The van der Waals surface area contributed by atoms with Gasteiger partial charge >= 0.3 is 0 Å². The molecule has 0 fully saturated rings. The lowest BCUT2D eigenvalue weighted by atomic mass is 10.2. The molecular weight excluding hydrogens is 228 g/mol. The normalized spacial score (nSPS) is 10.6. The van der Waals surface area contributed by atoms with E-state index in [2.05, 4.69) is 4.98 Å². The zero-order chi connectivity index (χ0) is 12.8. The maximum absolute atomic E-state index is 12.3. The summed E-state index contributed by atoms with van der Waals surface area (Å²) < 4.78 is 24.6. The van der Waals surface area contributed by atoms with Crippen LogP contribution in [0.25, 0.3) is 0 Å². The van der Waals surface area contributed by atoms with Crippen LogP contribution in [-0.4, -0.2) is 41.9 Å². The first-order valence-electron chi connectivity index (χ1n) is 5.24. The summed E-state index contributed by atoms with van der Waals surface area (Å²) in [6.45, 7) is 1.40. The van der Waals surface area contributed by atoms with Crippen LogP contribution in [-0.2, 0) is 0 Å². The molecule has 1 rings (SSSR count). The minimum atomic E-state index is -2.56. The molecule has 0 aliphatic heterocycles. The van der Waals surface area contributed by atoms with Crippen LogP contribution >= 0.6 is 0 Å². The number of nitrogens with two attached hydrogens (primary N) is 1. The smallest absolute Gasteiger partial charge is 0.255 e. The molecule has 94 valence electrons. The molecule has 0 saturated carbocycles. The van der Waals surface area contributed by atoms with E-state index in [1.54, 1.807) is 13.0 Å². The highest BCUT2D eigenvalue weighted by molar-refractivity contribution is 5.94. The Morgan fingerprint density at radius 1 is 1.59 bits per heavy atom. The molecule has 0 radical (unpaired) electrons. The molecule has 0 bridgehead atoms. The zero-order valence-electron chi connectivity index (χ0n) is 9.57. The number of nitrogens with zero attached hydrogens (tertiary/aromatic N) is 2. The van der Waals surface area contributed by atoms with E-state index in [1.165, 1.54) is 12.3 Å². The van der Waals surface area contributed by atoms with Gasteiger partial charge in [0.1, 0.15) is 0 Å². The Morgan fingerprint density at radius 2 is 2.29 bits per heavy atom. The second-order valence-electron chi connectivity index (χ2n) is 3.62. The predicted molar refractivity (Wildman–Crippen MR) is 59.9 cm³/mol. The van der Waals surface area contributed by atoms with Gasteiger partial charge in [0.05, 0.1) is 6.54 Å². The maximum atomic E-state index is 12.3. The van der Waals surface area contributed by atoms with E-state index in [9.17, 15) is 13.6 Å². The maximum Gasteiger partial charge on any atom is 0.255 e. The van der Waals surface area contributed by atoms with Crippen molar-refractivity contribution in [3.8, 4) is 0 Å². The van der Waals surface area contributed by atoms with Crippen molar-refractivity contribution in [2.24, 2.45) is 5.73 Å². The van der Waals surface area contributed by atoms with Gasteiger partial charge in [-0.2, -0.15) is 0 Å². The van der Waals surface area contributed by atoms with Crippen molar-refractivity contribution < 1.29 is 13.6 Å². The molecule has 4 nitrogen and oxygen atoms in total. The highest BCUT2D eigenvalue weighted by Gasteiger charge is 2.19. The van der Waals surface area contributed by atoms with Gasteiger partial charge in [-0.3, -0.25) is 9.78 Å². The molecule has 6 heteroatoms. The molecule has 1 heterocycles. The van der Waals surface area contributed by atoms with Gasteiger partial charge in [0.25, 0.3) is 12.3 Å². The summed E-state index contributed by atoms with van der Waals surface area (Å²) in [5, 5.41) is 0. The summed E-state index contributed by atoms with van der Waals surface area (Å²) in [5.74, 6) is -0.443. The van der Waals surface area contributed by atoms with Crippen LogP contribution in [0.5, 0.6) is 0 Å². The molecule has 0 atom stereocenters. The number of hydrogen-bond acceptors (Lipinski definition) is 3.